The highest BCUT2D eigenvalue weighted by Gasteiger charge is 2.24. The summed E-state index contributed by atoms with van der Waals surface area (Å²) in [5.41, 5.74) is 2.18. The molecule has 30 heavy (non-hydrogen) atoms. The number of amides is 2. The van der Waals surface area contributed by atoms with E-state index in [0.29, 0.717) is 6.42 Å². The molecule has 2 aromatic carbocycles. The number of ether oxygens (including phenoxy) is 1. The first-order chi connectivity index (χ1) is 14.5. The molecule has 0 spiro atoms. The number of hydrogen-bond donors (Lipinski definition) is 2. The minimum atomic E-state index is -1.20. The predicted molar refractivity (Wildman–Crippen MR) is 117 cm³/mol. The summed E-state index contributed by atoms with van der Waals surface area (Å²) < 4.78 is 9.85. The molecule has 8 heteroatoms. The number of carboxylic acids is 1. The number of carbonyl (C=O) groups is 2. The number of aromatic carboxylic acids is 1. The van der Waals surface area contributed by atoms with Crippen molar-refractivity contribution in [3.63, 3.8) is 0 Å². The fourth-order valence-electron chi connectivity index (χ4n) is 3.03. The standard InChI is InChI=1S/C22H23N3O4S/c1-25(2)22(28)23-20-18(21(26)27)19(24-30-20)29-14-13-17(15-9-5-3-6-10-15)16-11-7-4-8-12-16/h3-12,17H,13-14H2,1-2H3,(H,23,28)(H,26,27). The van der Waals surface area contributed by atoms with E-state index >= 15 is 0 Å². The maximum absolute atomic E-state index is 11.9. The second kappa shape index (κ2) is 9.89. The molecule has 2 N–H and O–H groups in total. The minimum absolute atomic E-state index is 0.0152. The van der Waals surface area contributed by atoms with Crippen molar-refractivity contribution in [3.05, 3.63) is 77.4 Å². The summed E-state index contributed by atoms with van der Waals surface area (Å²) in [7, 11) is 3.14. The van der Waals surface area contributed by atoms with E-state index in [1.165, 1.54) is 4.90 Å². The Hall–Kier alpha value is -3.39. The number of carbonyl (C=O) groups excluding carboxylic acids is 1. The number of aromatic nitrogens is 1. The SMILES string of the molecule is CN(C)C(=O)Nc1snc(OCCC(c2ccccc2)c2ccccc2)c1C(=O)O. The molecule has 1 aromatic heterocycles. The molecule has 0 aliphatic rings. The van der Waals surface area contributed by atoms with Crippen molar-refractivity contribution < 1.29 is 19.4 Å². The number of hydrogen-bond acceptors (Lipinski definition) is 5. The fraction of sp³-hybridized carbons (Fsp3) is 0.227. The summed E-state index contributed by atoms with van der Waals surface area (Å²) in [6, 6.07) is 19.8. The zero-order valence-corrected chi connectivity index (χ0v) is 17.6. The molecule has 0 saturated carbocycles. The van der Waals surface area contributed by atoms with Crippen molar-refractivity contribution in [3.8, 4) is 5.88 Å². The Morgan fingerprint density at radius 2 is 1.63 bits per heavy atom. The second-order valence-electron chi connectivity index (χ2n) is 6.83. The second-order valence-corrected chi connectivity index (χ2v) is 7.61. The number of nitrogens with zero attached hydrogens (tertiary/aromatic N) is 2. The molecule has 3 aromatic rings. The van der Waals surface area contributed by atoms with Crippen molar-refractivity contribution >= 4 is 28.5 Å². The van der Waals surface area contributed by atoms with Gasteiger partial charge in [0.2, 0.25) is 5.88 Å². The highest BCUT2D eigenvalue weighted by atomic mass is 32.1. The number of benzene rings is 2. The van der Waals surface area contributed by atoms with Crippen LogP contribution in [0.2, 0.25) is 0 Å². The quantitative estimate of drug-likeness (QED) is 0.553. The topological polar surface area (TPSA) is 91.8 Å². The Labute approximate surface area is 179 Å². The van der Waals surface area contributed by atoms with Gasteiger partial charge in [0.25, 0.3) is 0 Å². The average Bonchev–Trinajstić information content (AvgIpc) is 3.15. The van der Waals surface area contributed by atoms with Crippen LogP contribution in [0.5, 0.6) is 5.88 Å². The van der Waals surface area contributed by atoms with Crippen LogP contribution in [0.1, 0.15) is 33.8 Å². The van der Waals surface area contributed by atoms with Gasteiger partial charge in [-0.25, -0.2) is 9.59 Å². The van der Waals surface area contributed by atoms with Gasteiger partial charge in [0.15, 0.2) is 5.56 Å². The van der Waals surface area contributed by atoms with Gasteiger partial charge in [-0.2, -0.15) is 4.37 Å². The molecule has 0 aliphatic heterocycles. The van der Waals surface area contributed by atoms with Crippen LogP contribution in [0.15, 0.2) is 60.7 Å². The van der Waals surface area contributed by atoms with E-state index in [-0.39, 0.29) is 29.0 Å². The lowest BCUT2D eigenvalue weighted by atomic mass is 9.89. The van der Waals surface area contributed by atoms with Crippen LogP contribution in [-0.2, 0) is 0 Å². The van der Waals surface area contributed by atoms with Crippen LogP contribution < -0.4 is 10.1 Å². The van der Waals surface area contributed by atoms with Gasteiger partial charge in [0, 0.05) is 20.0 Å². The van der Waals surface area contributed by atoms with E-state index in [4.69, 9.17) is 4.74 Å². The fourth-order valence-corrected chi connectivity index (χ4v) is 3.74. The number of urea groups is 1. The van der Waals surface area contributed by atoms with E-state index in [1.54, 1.807) is 14.1 Å². The maximum atomic E-state index is 11.9. The highest BCUT2D eigenvalue weighted by Crippen LogP contribution is 2.32. The Balaban J connectivity index is 1.75. The normalized spacial score (nSPS) is 10.6. The van der Waals surface area contributed by atoms with Crippen molar-refractivity contribution in [1.82, 2.24) is 9.27 Å². The van der Waals surface area contributed by atoms with Crippen LogP contribution in [0.3, 0.4) is 0 Å². The molecule has 7 nitrogen and oxygen atoms in total. The molecule has 0 aliphatic carbocycles. The lowest BCUT2D eigenvalue weighted by Gasteiger charge is -2.18. The van der Waals surface area contributed by atoms with Crippen molar-refractivity contribution in [2.24, 2.45) is 0 Å². The van der Waals surface area contributed by atoms with Gasteiger partial charge in [0.05, 0.1) is 6.61 Å². The zero-order chi connectivity index (χ0) is 21.5. The third-order valence-electron chi connectivity index (χ3n) is 4.55. The zero-order valence-electron chi connectivity index (χ0n) is 16.7. The lowest BCUT2D eigenvalue weighted by Crippen LogP contribution is -2.27. The third kappa shape index (κ3) is 5.15. The highest BCUT2D eigenvalue weighted by molar-refractivity contribution is 7.11. The first kappa shape index (κ1) is 21.3. The molecule has 0 unspecified atom stereocenters. The molecule has 0 atom stereocenters. The molecule has 156 valence electrons. The van der Waals surface area contributed by atoms with E-state index in [1.807, 2.05) is 36.4 Å². The molecular formula is C22H23N3O4S. The van der Waals surface area contributed by atoms with Crippen molar-refractivity contribution in [1.29, 1.82) is 0 Å². The van der Waals surface area contributed by atoms with E-state index < -0.39 is 12.0 Å². The van der Waals surface area contributed by atoms with Crippen molar-refractivity contribution in [2.75, 3.05) is 26.0 Å². The van der Waals surface area contributed by atoms with Crippen LogP contribution in [-0.4, -0.2) is 47.1 Å². The Morgan fingerprint density at radius 3 is 2.13 bits per heavy atom. The number of carboxylic acid groups (broad SMARTS) is 1. The Kier molecular flexibility index (Phi) is 7.03. The number of rotatable bonds is 8. The van der Waals surface area contributed by atoms with Gasteiger partial charge in [0.1, 0.15) is 5.00 Å². The van der Waals surface area contributed by atoms with Gasteiger partial charge < -0.3 is 14.7 Å². The van der Waals surface area contributed by atoms with Crippen LogP contribution in [0.25, 0.3) is 0 Å². The molecule has 0 fully saturated rings. The van der Waals surface area contributed by atoms with Gasteiger partial charge in [-0.15, -0.1) is 0 Å². The first-order valence-corrected chi connectivity index (χ1v) is 10.2. The van der Waals surface area contributed by atoms with E-state index in [9.17, 15) is 14.7 Å². The molecule has 0 radical (unpaired) electrons. The maximum Gasteiger partial charge on any atom is 0.344 e. The summed E-state index contributed by atoms with van der Waals surface area (Å²) in [5, 5.41) is 12.3. The van der Waals surface area contributed by atoms with Crippen molar-refractivity contribution in [2.45, 2.75) is 12.3 Å². The largest absolute Gasteiger partial charge is 0.477 e. The first-order valence-electron chi connectivity index (χ1n) is 9.41. The summed E-state index contributed by atoms with van der Waals surface area (Å²) >= 11 is 0.887. The predicted octanol–water partition coefficient (Wildman–Crippen LogP) is 4.54. The van der Waals surface area contributed by atoms with Gasteiger partial charge in [-0.3, -0.25) is 5.32 Å². The van der Waals surface area contributed by atoms with Crippen LogP contribution >= 0.6 is 11.5 Å². The van der Waals surface area contributed by atoms with Gasteiger partial charge in [-0.05, 0) is 29.1 Å². The lowest BCUT2D eigenvalue weighted by molar-refractivity contribution is 0.0693. The molecule has 1 heterocycles. The molecule has 0 saturated heterocycles. The molecule has 2 amide bonds. The Bertz CT molecular complexity index is 951. The average molecular weight is 426 g/mol. The minimum Gasteiger partial charge on any atom is -0.477 e. The summed E-state index contributed by atoms with van der Waals surface area (Å²) in [6.07, 6.45) is 0.643. The van der Waals surface area contributed by atoms with E-state index in [2.05, 4.69) is 34.0 Å². The summed E-state index contributed by atoms with van der Waals surface area (Å²) in [4.78, 5) is 24.9. The molecular weight excluding hydrogens is 402 g/mol. The van der Waals surface area contributed by atoms with Crippen LogP contribution in [0.4, 0.5) is 9.80 Å². The van der Waals surface area contributed by atoms with Gasteiger partial charge in [-0.1, -0.05) is 60.7 Å². The molecule has 3 rings (SSSR count). The number of anilines is 1. The number of nitrogens with one attached hydrogen (secondary N) is 1. The van der Waals surface area contributed by atoms with Crippen LogP contribution in [0, 0.1) is 0 Å². The monoisotopic (exact) mass is 425 g/mol. The third-order valence-corrected chi connectivity index (χ3v) is 5.30. The smallest absolute Gasteiger partial charge is 0.344 e. The Morgan fingerprint density at radius 1 is 1.07 bits per heavy atom. The van der Waals surface area contributed by atoms with E-state index in [0.717, 1.165) is 22.7 Å². The summed E-state index contributed by atoms with van der Waals surface area (Å²) in [6.45, 7) is 0.277. The van der Waals surface area contributed by atoms with Gasteiger partial charge >= 0.3 is 12.0 Å². The molecule has 0 bridgehead atoms. The summed E-state index contributed by atoms with van der Waals surface area (Å²) in [5.74, 6) is -1.08.